The lowest BCUT2D eigenvalue weighted by Gasteiger charge is -2.32. The summed E-state index contributed by atoms with van der Waals surface area (Å²) in [6, 6.07) is 56.8. The van der Waals surface area contributed by atoms with Crippen LogP contribution in [0.5, 0.6) is 0 Å². The molecule has 0 radical (unpaired) electrons. The van der Waals surface area contributed by atoms with Crippen LogP contribution in [-0.2, 0) is 10.8 Å². The Bertz CT molecular complexity index is 4150. The van der Waals surface area contributed by atoms with Crippen molar-refractivity contribution >= 4 is 110 Å². The fraction of sp³-hybridized carbons (Fsp3) is 0.246. The van der Waals surface area contributed by atoms with Gasteiger partial charge in [-0.2, -0.15) is 0 Å². The maximum Gasteiger partial charge on any atom is 0.159 e. The molecule has 0 fully saturated rings. The number of hydrogen-bond donors (Lipinski definition) is 0. The first-order valence-corrected chi connectivity index (χ1v) is 26.3. The van der Waals surface area contributed by atoms with Crippen molar-refractivity contribution in [3.8, 4) is 0 Å². The lowest BCUT2D eigenvalue weighted by atomic mass is 9.84. The van der Waals surface area contributed by atoms with Crippen molar-refractivity contribution in [3.05, 3.63) is 191 Å². The largest absolute Gasteiger partial charge is 0.454 e. The van der Waals surface area contributed by atoms with Crippen molar-refractivity contribution in [1.82, 2.24) is 0 Å². The number of aryl methyl sites for hydroxylation is 3. The summed E-state index contributed by atoms with van der Waals surface area (Å²) in [6.07, 6.45) is 0. The summed E-state index contributed by atoms with van der Waals surface area (Å²) in [6.45, 7) is 29.7. The van der Waals surface area contributed by atoms with E-state index in [0.29, 0.717) is 0 Å². The quantitative estimate of drug-likeness (QED) is 0.142. The van der Waals surface area contributed by atoms with Gasteiger partial charge in [0.2, 0.25) is 0 Å². The molecule has 4 heteroatoms. The van der Waals surface area contributed by atoms with Gasteiger partial charge in [-0.3, -0.25) is 0 Å². The Morgan fingerprint density at radius 2 is 0.781 bits per heavy atom. The Morgan fingerprint density at radius 1 is 0.356 bits per heavy atom. The second-order valence-corrected chi connectivity index (χ2v) is 23.5. The topological polar surface area (TPSA) is 32.8 Å². The number of benzene rings is 10. The molecule has 10 aromatic carbocycles. The molecule has 2 heterocycles. The van der Waals surface area contributed by atoms with E-state index in [1.165, 1.54) is 71.3 Å². The zero-order valence-corrected chi connectivity index (χ0v) is 44.8. The highest BCUT2D eigenvalue weighted by Crippen LogP contribution is 2.54. The highest BCUT2D eigenvalue weighted by molar-refractivity contribution is 6.30. The third kappa shape index (κ3) is 7.31. The number of para-hydroxylation sites is 4. The zero-order chi connectivity index (χ0) is 51.0. The number of nitrogens with zero attached hydrogens (tertiary/aromatic N) is 2. The van der Waals surface area contributed by atoms with Crippen LogP contribution in [0.15, 0.2) is 160 Å². The Labute approximate surface area is 430 Å². The number of furan rings is 2. The number of hydrogen-bond acceptors (Lipinski definition) is 4. The molecule has 4 nitrogen and oxygen atoms in total. The summed E-state index contributed by atoms with van der Waals surface area (Å²) in [7, 11) is 0. The molecule has 12 rings (SSSR count). The average molecular weight is 955 g/mol. The first-order chi connectivity index (χ1) is 34.9. The van der Waals surface area contributed by atoms with Crippen molar-refractivity contribution in [2.75, 3.05) is 9.80 Å². The summed E-state index contributed by atoms with van der Waals surface area (Å²) in [4.78, 5) is 4.96. The highest BCUT2D eigenvalue weighted by atomic mass is 16.3. The van der Waals surface area contributed by atoms with Crippen LogP contribution in [0.2, 0.25) is 0 Å². The van der Waals surface area contributed by atoms with Crippen LogP contribution < -0.4 is 9.80 Å². The second-order valence-electron chi connectivity index (χ2n) is 23.5. The second kappa shape index (κ2) is 16.7. The molecule has 12 aromatic rings. The summed E-state index contributed by atoms with van der Waals surface area (Å²) in [5.74, 6) is 0.471. The van der Waals surface area contributed by atoms with Crippen LogP contribution in [-0.4, -0.2) is 0 Å². The van der Waals surface area contributed by atoms with Crippen LogP contribution in [0, 0.1) is 20.8 Å². The van der Waals surface area contributed by atoms with Gasteiger partial charge in [0.05, 0.1) is 22.7 Å². The molecule has 0 aliphatic rings. The third-order valence-corrected chi connectivity index (χ3v) is 15.6. The Kier molecular flexibility index (Phi) is 10.7. The first-order valence-electron chi connectivity index (χ1n) is 26.3. The van der Waals surface area contributed by atoms with E-state index in [0.717, 1.165) is 78.0 Å². The van der Waals surface area contributed by atoms with E-state index < -0.39 is 0 Å². The molecule has 0 aliphatic carbocycles. The lowest BCUT2D eigenvalue weighted by Crippen LogP contribution is -2.14. The minimum Gasteiger partial charge on any atom is -0.454 e. The van der Waals surface area contributed by atoms with Gasteiger partial charge < -0.3 is 18.6 Å². The van der Waals surface area contributed by atoms with Crippen molar-refractivity contribution in [2.45, 2.75) is 113 Å². The van der Waals surface area contributed by atoms with Gasteiger partial charge in [0.1, 0.15) is 11.2 Å². The van der Waals surface area contributed by atoms with Crippen molar-refractivity contribution in [2.24, 2.45) is 0 Å². The van der Waals surface area contributed by atoms with Gasteiger partial charge in [-0.1, -0.05) is 166 Å². The van der Waals surface area contributed by atoms with Crippen LogP contribution in [0.25, 0.3) is 76.2 Å². The molecule has 0 saturated heterocycles. The molecule has 0 bridgehead atoms. The molecule has 0 N–H and O–H groups in total. The molecule has 0 atom stereocenters. The smallest absolute Gasteiger partial charge is 0.159 e. The fourth-order valence-electron chi connectivity index (χ4n) is 12.0. The van der Waals surface area contributed by atoms with Gasteiger partial charge in [-0.25, -0.2) is 0 Å². The minimum atomic E-state index is -0.108. The lowest BCUT2D eigenvalue weighted by molar-refractivity contribution is 0.572. The number of anilines is 6. The predicted molar refractivity (Wildman–Crippen MR) is 314 cm³/mol. The molecule has 0 amide bonds. The molecule has 0 unspecified atom stereocenters. The molecule has 364 valence electrons. The summed E-state index contributed by atoms with van der Waals surface area (Å²) in [5, 5.41) is 12.1. The zero-order valence-electron chi connectivity index (χ0n) is 44.8. The maximum atomic E-state index is 7.25. The molecular formula is C69H66N2O2. The van der Waals surface area contributed by atoms with Gasteiger partial charge in [-0.15, -0.1) is 0 Å². The van der Waals surface area contributed by atoms with Gasteiger partial charge in [0, 0.05) is 54.8 Å². The summed E-state index contributed by atoms with van der Waals surface area (Å²) < 4.78 is 14.5. The molecule has 73 heavy (non-hydrogen) atoms. The third-order valence-electron chi connectivity index (χ3n) is 15.6. The Morgan fingerprint density at radius 3 is 1.25 bits per heavy atom. The van der Waals surface area contributed by atoms with Crippen molar-refractivity contribution in [1.29, 1.82) is 0 Å². The van der Waals surface area contributed by atoms with E-state index in [9.17, 15) is 0 Å². The Balaban J connectivity index is 1.20. The molecule has 2 aromatic heterocycles. The number of fused-ring (bicyclic) bond motifs is 6. The minimum absolute atomic E-state index is 0.106. The standard InChI is InChI=1S/C69H66N2O2/c1-39(2)51-37-60(70(44-22-15-14-16-23-44)58-27-19-24-47-53-33-41(5)35-55(68(8,9)10)64(53)72-66(47)58)49-31-29-46-52(40(3)4)38-61(50-32-30-45(51)62(49)63(46)50)71(57-26-18-17-21-43(57)7)59-28-20-25-48-54-34-42(6)36-56(69(11,12)13)65(54)73-67(48)59/h14-40H,1-13H3. The predicted octanol–water partition coefficient (Wildman–Crippen LogP) is 21.1. The monoisotopic (exact) mass is 955 g/mol. The van der Waals surface area contributed by atoms with E-state index in [4.69, 9.17) is 8.83 Å². The van der Waals surface area contributed by atoms with E-state index in [-0.39, 0.29) is 22.7 Å². The van der Waals surface area contributed by atoms with Crippen molar-refractivity contribution in [3.63, 3.8) is 0 Å². The Hall–Kier alpha value is -7.56. The van der Waals surface area contributed by atoms with E-state index in [1.807, 2.05) is 0 Å². The molecule has 0 aliphatic heterocycles. The summed E-state index contributed by atoms with van der Waals surface area (Å²) >= 11 is 0. The molecular weight excluding hydrogens is 889 g/mol. The van der Waals surface area contributed by atoms with Gasteiger partial charge in [-0.05, 0) is 147 Å². The van der Waals surface area contributed by atoms with Crippen LogP contribution in [0.3, 0.4) is 0 Å². The number of rotatable bonds is 8. The highest BCUT2D eigenvalue weighted by Gasteiger charge is 2.31. The van der Waals surface area contributed by atoms with Gasteiger partial charge in [0.15, 0.2) is 11.2 Å². The van der Waals surface area contributed by atoms with E-state index in [2.05, 4.69) is 251 Å². The summed E-state index contributed by atoms with van der Waals surface area (Å²) in [5.41, 5.74) is 18.7. The maximum absolute atomic E-state index is 7.25. The van der Waals surface area contributed by atoms with E-state index >= 15 is 0 Å². The molecule has 0 saturated carbocycles. The van der Waals surface area contributed by atoms with Gasteiger partial charge >= 0.3 is 0 Å². The fourth-order valence-corrected chi connectivity index (χ4v) is 12.0. The normalized spacial score (nSPS) is 12.7. The van der Waals surface area contributed by atoms with Crippen LogP contribution in [0.1, 0.15) is 120 Å². The molecule has 0 spiro atoms. The average Bonchev–Trinajstić information content (AvgIpc) is 3.92. The first kappa shape index (κ1) is 46.5. The van der Waals surface area contributed by atoms with Crippen molar-refractivity contribution < 1.29 is 8.83 Å². The van der Waals surface area contributed by atoms with E-state index in [1.54, 1.807) is 0 Å². The SMILES string of the molecule is Cc1cc(C(C)(C)C)c2oc3c(N(c4ccccc4)c4cc(C(C)C)c5ccc6c(N(c7ccccc7C)c7cccc8c7oc7c(C(C)(C)C)cc(C)cc78)cc(C(C)C)c7ccc4c5c76)cccc3c2c1. The van der Waals surface area contributed by atoms with Gasteiger partial charge in [0.25, 0.3) is 0 Å². The van der Waals surface area contributed by atoms with Crippen LogP contribution in [0.4, 0.5) is 34.1 Å². The van der Waals surface area contributed by atoms with Crippen LogP contribution >= 0.6 is 0 Å².